The maximum atomic E-state index is 12.9. The molecule has 7 nitrogen and oxygen atoms in total. The first kappa shape index (κ1) is 20.7. The lowest BCUT2D eigenvalue weighted by atomic mass is 9.99. The van der Waals surface area contributed by atoms with Gasteiger partial charge < -0.3 is 24.1 Å². The first-order valence-electron chi connectivity index (χ1n) is 9.97. The van der Waals surface area contributed by atoms with Crippen LogP contribution in [-0.4, -0.2) is 61.1 Å². The molecule has 1 atom stereocenters. The van der Waals surface area contributed by atoms with E-state index in [1.807, 2.05) is 0 Å². The van der Waals surface area contributed by atoms with E-state index >= 15 is 0 Å². The molecule has 2 aliphatic heterocycles. The number of ketones is 1. The van der Waals surface area contributed by atoms with Crippen LogP contribution in [0.5, 0.6) is 0 Å². The van der Waals surface area contributed by atoms with E-state index in [0.29, 0.717) is 48.4 Å². The van der Waals surface area contributed by atoms with Crippen molar-refractivity contribution in [3.05, 3.63) is 64.1 Å². The summed E-state index contributed by atoms with van der Waals surface area (Å²) in [6, 6.07) is 9.25. The monoisotopic (exact) mass is 431 g/mol. The summed E-state index contributed by atoms with van der Waals surface area (Å²) in [5.41, 5.74) is 0.457. The first-order chi connectivity index (χ1) is 14.5. The van der Waals surface area contributed by atoms with E-state index in [1.165, 1.54) is 9.80 Å². The van der Waals surface area contributed by atoms with Crippen LogP contribution in [0.2, 0.25) is 5.02 Å². The topological polar surface area (TPSA) is 84.4 Å². The summed E-state index contributed by atoms with van der Waals surface area (Å²) in [5.74, 6) is -0.443. The second kappa shape index (κ2) is 8.63. The number of morpholine rings is 1. The molecule has 2 saturated heterocycles. The largest absolute Gasteiger partial charge is 0.507 e. The van der Waals surface area contributed by atoms with Crippen LogP contribution in [0.3, 0.4) is 0 Å². The molecule has 0 spiro atoms. The molecule has 2 aromatic rings. The average Bonchev–Trinajstić information content (AvgIpc) is 3.28. The lowest BCUT2D eigenvalue weighted by Crippen LogP contribution is -3.14. The third kappa shape index (κ3) is 4.01. The molecule has 4 rings (SSSR count). The second-order valence-corrected chi connectivity index (χ2v) is 8.00. The number of rotatable bonds is 5. The molecule has 0 unspecified atom stereocenters. The van der Waals surface area contributed by atoms with E-state index in [9.17, 15) is 14.7 Å². The number of halogens is 1. The molecule has 1 amide bonds. The number of benzene rings is 1. The third-order valence-corrected chi connectivity index (χ3v) is 5.85. The van der Waals surface area contributed by atoms with Crippen molar-refractivity contribution in [2.75, 3.05) is 39.4 Å². The number of Topliss-reactive ketones (excluding diaryl/α,β-unsaturated/α-hetero) is 1. The van der Waals surface area contributed by atoms with Gasteiger partial charge in [-0.3, -0.25) is 9.59 Å². The van der Waals surface area contributed by atoms with Gasteiger partial charge in [0.2, 0.25) is 0 Å². The average molecular weight is 432 g/mol. The Morgan fingerprint density at radius 2 is 1.87 bits per heavy atom. The van der Waals surface area contributed by atoms with Crippen LogP contribution >= 0.6 is 11.6 Å². The van der Waals surface area contributed by atoms with Gasteiger partial charge in [0.25, 0.3) is 11.7 Å². The Kier molecular flexibility index (Phi) is 5.94. The Bertz CT molecular complexity index is 976. The summed E-state index contributed by atoms with van der Waals surface area (Å²) in [6.45, 7) is 5.96. The fourth-order valence-electron chi connectivity index (χ4n) is 3.96. The SMILES string of the molecule is Cc1ccc([C@@H]2C(=C(O)c3ccc(Cl)cc3)C(=O)C(=O)N2CC[NH+]2CCOCC2)o1. The quantitative estimate of drug-likeness (QED) is 0.426. The van der Waals surface area contributed by atoms with Crippen molar-refractivity contribution >= 4 is 29.1 Å². The molecule has 0 radical (unpaired) electrons. The van der Waals surface area contributed by atoms with Gasteiger partial charge in [-0.05, 0) is 43.3 Å². The fourth-order valence-corrected chi connectivity index (χ4v) is 4.08. The summed E-state index contributed by atoms with van der Waals surface area (Å²) in [5, 5.41) is 11.5. The van der Waals surface area contributed by atoms with Crippen molar-refractivity contribution < 1.29 is 28.7 Å². The van der Waals surface area contributed by atoms with Crippen molar-refractivity contribution in [3.8, 4) is 0 Å². The maximum absolute atomic E-state index is 12.9. The lowest BCUT2D eigenvalue weighted by molar-refractivity contribution is -0.907. The van der Waals surface area contributed by atoms with Crippen LogP contribution in [0.1, 0.15) is 23.1 Å². The van der Waals surface area contributed by atoms with Gasteiger partial charge in [0, 0.05) is 10.6 Å². The Morgan fingerprint density at radius 3 is 2.50 bits per heavy atom. The van der Waals surface area contributed by atoms with Crippen molar-refractivity contribution in [3.63, 3.8) is 0 Å². The molecule has 0 saturated carbocycles. The Morgan fingerprint density at radius 1 is 1.17 bits per heavy atom. The van der Waals surface area contributed by atoms with Crippen molar-refractivity contribution in [1.82, 2.24) is 4.90 Å². The van der Waals surface area contributed by atoms with Gasteiger partial charge in [0.15, 0.2) is 0 Å². The number of hydrogen-bond donors (Lipinski definition) is 2. The standard InChI is InChI=1S/C22H23ClN2O5/c1-14-2-7-17(30-14)19-18(20(26)15-3-5-16(23)6-4-15)21(27)22(28)25(19)9-8-24-10-12-29-13-11-24/h2-7,19,26H,8-13H2,1H3/p+1/t19-/m1/s1. The number of hydrogen-bond acceptors (Lipinski definition) is 5. The summed E-state index contributed by atoms with van der Waals surface area (Å²) in [4.78, 5) is 28.7. The number of aryl methyl sites for hydroxylation is 1. The number of quaternary nitrogens is 1. The molecular formula is C22H24ClN2O5+. The number of amides is 1. The number of carbonyl (C=O) groups is 2. The van der Waals surface area contributed by atoms with Gasteiger partial charge >= 0.3 is 0 Å². The highest BCUT2D eigenvalue weighted by atomic mass is 35.5. The molecule has 30 heavy (non-hydrogen) atoms. The van der Waals surface area contributed by atoms with Crippen LogP contribution in [-0.2, 0) is 14.3 Å². The van der Waals surface area contributed by atoms with Crippen LogP contribution in [0.15, 0.2) is 46.4 Å². The van der Waals surface area contributed by atoms with Crippen LogP contribution in [0.4, 0.5) is 0 Å². The first-order valence-corrected chi connectivity index (χ1v) is 10.4. The smallest absolute Gasteiger partial charge is 0.295 e. The van der Waals surface area contributed by atoms with Gasteiger partial charge in [-0.25, -0.2) is 0 Å². The number of aliphatic hydroxyl groups excluding tert-OH is 1. The van der Waals surface area contributed by atoms with Gasteiger partial charge in [-0.2, -0.15) is 0 Å². The molecule has 0 aliphatic carbocycles. The number of aliphatic hydroxyl groups is 1. The zero-order valence-corrected chi connectivity index (χ0v) is 17.4. The Hall–Kier alpha value is -2.61. The van der Waals surface area contributed by atoms with E-state index in [0.717, 1.165) is 13.1 Å². The predicted octanol–water partition coefficient (Wildman–Crippen LogP) is 1.58. The van der Waals surface area contributed by atoms with Crippen molar-refractivity contribution in [2.24, 2.45) is 0 Å². The summed E-state index contributed by atoms with van der Waals surface area (Å²) < 4.78 is 11.2. The molecule has 2 aliphatic rings. The zero-order chi connectivity index (χ0) is 21.3. The highest BCUT2D eigenvalue weighted by Crippen LogP contribution is 2.39. The van der Waals surface area contributed by atoms with E-state index < -0.39 is 17.7 Å². The van der Waals surface area contributed by atoms with E-state index in [1.54, 1.807) is 43.3 Å². The molecule has 0 bridgehead atoms. The van der Waals surface area contributed by atoms with Gasteiger partial charge in [0.05, 0.1) is 31.9 Å². The molecule has 158 valence electrons. The normalized spacial score (nSPS) is 22.1. The minimum absolute atomic E-state index is 0.0358. The minimum Gasteiger partial charge on any atom is -0.507 e. The highest BCUT2D eigenvalue weighted by Gasteiger charge is 2.47. The molecule has 1 aromatic carbocycles. The predicted molar refractivity (Wildman–Crippen MR) is 110 cm³/mol. The number of ether oxygens (including phenoxy) is 1. The van der Waals surface area contributed by atoms with Gasteiger partial charge in [0.1, 0.15) is 36.4 Å². The maximum Gasteiger partial charge on any atom is 0.295 e. The van der Waals surface area contributed by atoms with Crippen molar-refractivity contribution in [1.29, 1.82) is 0 Å². The third-order valence-electron chi connectivity index (χ3n) is 5.59. The number of furan rings is 1. The molecular weight excluding hydrogens is 408 g/mol. The van der Waals surface area contributed by atoms with Crippen LogP contribution < -0.4 is 4.90 Å². The number of nitrogens with zero attached hydrogens (tertiary/aromatic N) is 1. The van der Waals surface area contributed by atoms with Gasteiger partial charge in [-0.15, -0.1) is 0 Å². The lowest BCUT2D eigenvalue weighted by Gasteiger charge is -2.28. The Labute approximate surface area is 179 Å². The second-order valence-electron chi connectivity index (χ2n) is 7.56. The van der Waals surface area contributed by atoms with Crippen molar-refractivity contribution in [2.45, 2.75) is 13.0 Å². The van der Waals surface area contributed by atoms with Crippen LogP contribution in [0.25, 0.3) is 5.76 Å². The molecule has 2 fully saturated rings. The van der Waals surface area contributed by atoms with Gasteiger partial charge in [-0.1, -0.05) is 11.6 Å². The molecule has 1 aromatic heterocycles. The van der Waals surface area contributed by atoms with E-state index in [-0.39, 0.29) is 11.3 Å². The summed E-state index contributed by atoms with van der Waals surface area (Å²) >= 11 is 5.94. The molecule has 2 N–H and O–H groups in total. The number of carbonyl (C=O) groups excluding carboxylic acids is 2. The zero-order valence-electron chi connectivity index (χ0n) is 16.7. The Balaban J connectivity index is 1.70. The molecule has 3 heterocycles. The van der Waals surface area contributed by atoms with E-state index in [2.05, 4.69) is 0 Å². The number of likely N-dealkylation sites (tertiary alicyclic amines) is 1. The summed E-state index contributed by atoms with van der Waals surface area (Å²) in [7, 11) is 0. The minimum atomic E-state index is -0.769. The molecule has 8 heteroatoms. The fraction of sp³-hybridized carbons (Fsp3) is 0.364. The van der Waals surface area contributed by atoms with E-state index in [4.69, 9.17) is 20.8 Å². The number of nitrogens with one attached hydrogen (secondary N) is 1. The summed E-state index contributed by atoms with van der Waals surface area (Å²) in [6.07, 6.45) is 0. The highest BCUT2D eigenvalue weighted by molar-refractivity contribution is 6.46. The van der Waals surface area contributed by atoms with Crippen LogP contribution in [0, 0.1) is 6.92 Å².